The quantitative estimate of drug-likeness (QED) is 0.426. The lowest BCUT2D eigenvalue weighted by atomic mass is 10.0. The number of hydrogen-bond acceptors (Lipinski definition) is 4. The van der Waals surface area contributed by atoms with Gasteiger partial charge in [0.05, 0.1) is 10.7 Å². The summed E-state index contributed by atoms with van der Waals surface area (Å²) in [7, 11) is 0. The highest BCUT2D eigenvalue weighted by Gasteiger charge is 2.21. The highest BCUT2D eigenvalue weighted by Crippen LogP contribution is 2.21. The fraction of sp³-hybridized carbons (Fsp3) is 0.227. The Morgan fingerprint density at radius 2 is 1.75 bits per heavy atom. The zero-order valence-corrected chi connectivity index (χ0v) is 16.7. The van der Waals surface area contributed by atoms with Crippen LogP contribution in [0, 0.1) is 11.3 Å². The molecule has 0 aliphatic heterocycles. The summed E-state index contributed by atoms with van der Waals surface area (Å²) in [6, 6.07) is 16.1. The van der Waals surface area contributed by atoms with E-state index in [1.54, 1.807) is 24.3 Å². The lowest BCUT2D eigenvalue weighted by molar-refractivity contribution is -0.148. The number of amides is 1. The second kappa shape index (κ2) is 9.72. The van der Waals surface area contributed by atoms with Gasteiger partial charge in [-0.05, 0) is 42.2 Å². The summed E-state index contributed by atoms with van der Waals surface area (Å²) in [5.41, 5.74) is 2.09. The van der Waals surface area contributed by atoms with Crippen molar-refractivity contribution in [2.24, 2.45) is 0 Å². The molecule has 0 saturated carbocycles. The van der Waals surface area contributed by atoms with Gasteiger partial charge in [0.15, 0.2) is 6.10 Å². The number of benzene rings is 2. The van der Waals surface area contributed by atoms with E-state index in [-0.39, 0.29) is 5.57 Å². The molecule has 2 rings (SSSR count). The number of rotatable bonds is 6. The van der Waals surface area contributed by atoms with Crippen molar-refractivity contribution in [2.75, 3.05) is 5.32 Å². The average molecular weight is 397 g/mol. The number of esters is 1. The molecule has 0 aliphatic carbocycles. The lowest BCUT2D eigenvalue weighted by Crippen LogP contribution is -2.30. The summed E-state index contributed by atoms with van der Waals surface area (Å²) in [4.78, 5) is 24.5. The van der Waals surface area contributed by atoms with Crippen LogP contribution in [0.4, 0.5) is 5.69 Å². The number of hydrogen-bond donors (Lipinski definition) is 1. The Morgan fingerprint density at radius 1 is 1.11 bits per heavy atom. The van der Waals surface area contributed by atoms with Crippen LogP contribution in [0.15, 0.2) is 54.1 Å². The molecular weight excluding hydrogens is 376 g/mol. The monoisotopic (exact) mass is 396 g/mol. The second-order valence-electron chi connectivity index (χ2n) is 6.51. The van der Waals surface area contributed by atoms with E-state index in [1.165, 1.54) is 13.0 Å². The molecule has 0 bridgehead atoms. The van der Waals surface area contributed by atoms with Gasteiger partial charge in [0.2, 0.25) is 0 Å². The van der Waals surface area contributed by atoms with Crippen molar-refractivity contribution in [1.29, 1.82) is 5.26 Å². The second-order valence-corrected chi connectivity index (χ2v) is 6.92. The van der Waals surface area contributed by atoms with Crippen molar-refractivity contribution in [2.45, 2.75) is 32.8 Å². The van der Waals surface area contributed by atoms with Crippen molar-refractivity contribution >= 4 is 35.2 Å². The molecule has 0 radical (unpaired) electrons. The summed E-state index contributed by atoms with van der Waals surface area (Å²) < 4.78 is 5.13. The molecule has 0 heterocycles. The molecule has 144 valence electrons. The molecule has 6 heteroatoms. The zero-order valence-electron chi connectivity index (χ0n) is 15.9. The smallest absolute Gasteiger partial charge is 0.349 e. The highest BCUT2D eigenvalue weighted by atomic mass is 35.5. The Hall–Kier alpha value is -3.10. The van der Waals surface area contributed by atoms with E-state index >= 15 is 0 Å². The normalized spacial score (nSPS) is 12.2. The molecule has 1 atom stereocenters. The van der Waals surface area contributed by atoms with E-state index in [0.29, 0.717) is 22.2 Å². The van der Waals surface area contributed by atoms with Gasteiger partial charge in [-0.15, -0.1) is 0 Å². The van der Waals surface area contributed by atoms with E-state index in [0.717, 1.165) is 5.56 Å². The molecule has 5 nitrogen and oxygen atoms in total. The Balaban J connectivity index is 2.05. The summed E-state index contributed by atoms with van der Waals surface area (Å²) >= 11 is 6.00. The Kier molecular flexibility index (Phi) is 7.36. The van der Waals surface area contributed by atoms with Crippen LogP contribution in [0.3, 0.4) is 0 Å². The van der Waals surface area contributed by atoms with Crippen LogP contribution in [0.5, 0.6) is 0 Å². The first-order chi connectivity index (χ1) is 13.3. The third-order valence-corrected chi connectivity index (χ3v) is 4.37. The van der Waals surface area contributed by atoms with Gasteiger partial charge in [0.25, 0.3) is 5.91 Å². The van der Waals surface area contributed by atoms with Crippen LogP contribution in [-0.4, -0.2) is 18.0 Å². The van der Waals surface area contributed by atoms with Gasteiger partial charge < -0.3 is 10.1 Å². The number of anilines is 1. The van der Waals surface area contributed by atoms with Gasteiger partial charge in [-0.2, -0.15) is 5.26 Å². The average Bonchev–Trinajstić information content (AvgIpc) is 2.67. The predicted octanol–water partition coefficient (Wildman–Crippen LogP) is 4.94. The van der Waals surface area contributed by atoms with E-state index in [1.807, 2.05) is 30.3 Å². The van der Waals surface area contributed by atoms with Crippen LogP contribution in [0.25, 0.3) is 6.08 Å². The molecule has 0 aliphatic rings. The molecule has 2 aromatic carbocycles. The molecule has 1 amide bonds. The molecule has 0 spiro atoms. The molecule has 0 fully saturated rings. The summed E-state index contributed by atoms with van der Waals surface area (Å²) in [6.45, 7) is 5.59. The van der Waals surface area contributed by atoms with Gasteiger partial charge in [0.1, 0.15) is 11.6 Å². The Labute approximate surface area is 169 Å². The minimum Gasteiger partial charge on any atom is -0.448 e. The van der Waals surface area contributed by atoms with Gasteiger partial charge >= 0.3 is 5.97 Å². The summed E-state index contributed by atoms with van der Waals surface area (Å²) in [5.74, 6) is -1.02. The van der Waals surface area contributed by atoms with Gasteiger partial charge in [0, 0.05) is 0 Å². The van der Waals surface area contributed by atoms with Crippen LogP contribution in [0.2, 0.25) is 5.02 Å². The Bertz CT molecular complexity index is 928. The third kappa shape index (κ3) is 5.70. The molecule has 0 aromatic heterocycles. The fourth-order valence-electron chi connectivity index (χ4n) is 2.36. The van der Waals surface area contributed by atoms with Crippen molar-refractivity contribution in [3.63, 3.8) is 0 Å². The van der Waals surface area contributed by atoms with Crippen LogP contribution in [-0.2, 0) is 14.3 Å². The van der Waals surface area contributed by atoms with Crippen LogP contribution in [0.1, 0.15) is 37.8 Å². The maximum absolute atomic E-state index is 12.3. The fourth-order valence-corrected chi connectivity index (χ4v) is 2.54. The molecule has 1 N–H and O–H groups in total. The lowest BCUT2D eigenvalue weighted by Gasteiger charge is -2.14. The van der Waals surface area contributed by atoms with Gasteiger partial charge in [-0.3, -0.25) is 4.79 Å². The van der Waals surface area contributed by atoms with Crippen LogP contribution >= 0.6 is 11.6 Å². The number of ether oxygens (including phenoxy) is 1. The van der Waals surface area contributed by atoms with Crippen molar-refractivity contribution in [3.05, 3.63) is 70.3 Å². The SMILES string of the molecule is CC(C)c1ccc(/C=C(\C#N)C(=O)O[C@H](C)C(=O)Nc2ccccc2Cl)cc1. The number of nitriles is 1. The number of nitrogens with one attached hydrogen (secondary N) is 1. The molecule has 0 unspecified atom stereocenters. The number of carbonyl (C=O) groups excluding carboxylic acids is 2. The van der Waals surface area contributed by atoms with Crippen molar-refractivity contribution < 1.29 is 14.3 Å². The minimum atomic E-state index is -1.09. The number of nitrogens with zero attached hydrogens (tertiary/aromatic N) is 1. The molecular formula is C22H21ClN2O3. The molecule has 28 heavy (non-hydrogen) atoms. The topological polar surface area (TPSA) is 79.2 Å². The summed E-state index contributed by atoms with van der Waals surface area (Å²) in [6.07, 6.45) is 0.342. The van der Waals surface area contributed by atoms with Gasteiger partial charge in [-0.25, -0.2) is 4.79 Å². The predicted molar refractivity (Wildman–Crippen MR) is 110 cm³/mol. The molecule has 2 aromatic rings. The first kappa shape index (κ1) is 21.2. The first-order valence-corrected chi connectivity index (χ1v) is 9.17. The third-order valence-electron chi connectivity index (χ3n) is 4.04. The van der Waals surface area contributed by atoms with E-state index in [2.05, 4.69) is 19.2 Å². The van der Waals surface area contributed by atoms with Gasteiger partial charge in [-0.1, -0.05) is 61.8 Å². The number of carbonyl (C=O) groups is 2. The zero-order chi connectivity index (χ0) is 20.7. The summed E-state index contributed by atoms with van der Waals surface area (Å²) in [5, 5.41) is 12.2. The number of para-hydroxylation sites is 1. The Morgan fingerprint density at radius 3 is 2.32 bits per heavy atom. The highest BCUT2D eigenvalue weighted by molar-refractivity contribution is 6.33. The minimum absolute atomic E-state index is 0.185. The maximum Gasteiger partial charge on any atom is 0.349 e. The van der Waals surface area contributed by atoms with Crippen molar-refractivity contribution in [1.82, 2.24) is 0 Å². The van der Waals surface area contributed by atoms with Crippen LogP contribution < -0.4 is 5.32 Å². The number of halogens is 1. The maximum atomic E-state index is 12.3. The standard InChI is InChI=1S/C22H21ClN2O3/c1-14(2)17-10-8-16(9-11-17)12-18(13-24)22(27)28-15(3)21(26)25-20-7-5-4-6-19(20)23/h4-12,14-15H,1-3H3,(H,25,26)/b18-12+/t15-/m1/s1. The first-order valence-electron chi connectivity index (χ1n) is 8.80. The molecule has 0 saturated heterocycles. The van der Waals surface area contributed by atoms with E-state index < -0.39 is 18.0 Å². The van der Waals surface area contributed by atoms with Crippen molar-refractivity contribution in [3.8, 4) is 6.07 Å². The van der Waals surface area contributed by atoms with E-state index in [9.17, 15) is 14.9 Å². The largest absolute Gasteiger partial charge is 0.448 e. The van der Waals surface area contributed by atoms with E-state index in [4.69, 9.17) is 16.3 Å².